The molecule has 0 spiro atoms. The molecule has 1 fully saturated rings. The van der Waals surface area contributed by atoms with Gasteiger partial charge >= 0.3 is 0 Å². The van der Waals surface area contributed by atoms with Crippen molar-refractivity contribution in [3.05, 3.63) is 160 Å². The van der Waals surface area contributed by atoms with Crippen molar-refractivity contribution in [2.24, 2.45) is 0 Å². The molecular weight excluding hydrogens is 957 g/mol. The minimum Gasteiger partial charge on any atom is -0.437 e. The van der Waals surface area contributed by atoms with Crippen LogP contribution in [-0.2, 0) is 20.9 Å². The van der Waals surface area contributed by atoms with Crippen molar-refractivity contribution in [2.45, 2.75) is 45.4 Å². The number of amides is 3. The van der Waals surface area contributed by atoms with Crippen LogP contribution in [0.15, 0.2) is 137 Å². The first-order chi connectivity index (χ1) is 31.1. The molecule has 341 valence electrons. The van der Waals surface area contributed by atoms with Crippen LogP contribution in [0.3, 0.4) is 0 Å². The summed E-state index contributed by atoms with van der Waals surface area (Å²) < 4.78 is 6.13. The van der Waals surface area contributed by atoms with Gasteiger partial charge in [0.1, 0.15) is 5.58 Å². The number of rotatable bonds is 14. The number of nitrogens with zero attached hydrogens (tertiary/aromatic N) is 5. The van der Waals surface area contributed by atoms with Crippen LogP contribution in [0.25, 0.3) is 22.1 Å². The number of hydrogen-bond donors (Lipinski definition) is 3. The van der Waals surface area contributed by atoms with E-state index in [-0.39, 0.29) is 116 Å². The average Bonchev–Trinajstić information content (AvgIpc) is 3.30. The normalized spacial score (nSPS) is 16.3. The van der Waals surface area contributed by atoms with E-state index in [0.717, 1.165) is 22.4 Å². The molecule has 1 aliphatic heterocycles. The van der Waals surface area contributed by atoms with Gasteiger partial charge in [-0.2, -0.15) is 0 Å². The van der Waals surface area contributed by atoms with Gasteiger partial charge in [-0.1, -0.05) is 103 Å². The summed E-state index contributed by atoms with van der Waals surface area (Å²) in [5.74, 6) is -0.268. The van der Waals surface area contributed by atoms with E-state index in [9.17, 15) is 19.2 Å². The minimum atomic E-state index is -0.168. The Bertz CT molecular complexity index is 2450. The Labute approximate surface area is 422 Å². The maximum absolute atomic E-state index is 13.7. The third-order valence-corrected chi connectivity index (χ3v) is 11.9. The van der Waals surface area contributed by atoms with Crippen molar-refractivity contribution in [3.63, 3.8) is 0 Å². The third kappa shape index (κ3) is 14.7. The Morgan fingerprint density at radius 1 is 0.508 bits per heavy atom. The summed E-state index contributed by atoms with van der Waals surface area (Å²) in [6, 6.07) is 40.0. The van der Waals surface area contributed by atoms with Crippen molar-refractivity contribution in [1.82, 2.24) is 40.5 Å². The van der Waals surface area contributed by atoms with E-state index in [0.29, 0.717) is 75.3 Å². The largest absolute Gasteiger partial charge is 0.437 e. The molecule has 1 saturated heterocycles. The Balaban J connectivity index is 0.00000700. The summed E-state index contributed by atoms with van der Waals surface area (Å²) in [4.78, 5) is 67.9. The number of carbonyl (C=O) groups is 3. The van der Waals surface area contributed by atoms with Gasteiger partial charge in [0.2, 0.25) is 28.9 Å². The number of hydrogen-bond acceptors (Lipinski definition) is 10. The fourth-order valence-corrected chi connectivity index (χ4v) is 8.20. The monoisotopic (exact) mass is 1020 g/mol. The Kier molecular flexibility index (Phi) is 18.9. The first-order valence-electron chi connectivity index (χ1n) is 22.3. The summed E-state index contributed by atoms with van der Waals surface area (Å²) in [5, 5.41) is 10.5. The van der Waals surface area contributed by atoms with E-state index >= 15 is 0 Å². The van der Waals surface area contributed by atoms with Crippen LogP contribution in [0.4, 0.5) is 0 Å². The molecule has 7 rings (SSSR count). The third-order valence-electron chi connectivity index (χ3n) is 11.9. The molecule has 0 bridgehead atoms. The molecule has 3 atom stereocenters. The van der Waals surface area contributed by atoms with E-state index in [2.05, 4.69) is 35.6 Å². The second-order valence-electron chi connectivity index (χ2n) is 16.8. The molecule has 3 amide bonds. The Morgan fingerprint density at radius 3 is 1.29 bits per heavy atom. The zero-order valence-electron chi connectivity index (χ0n) is 37.5. The topological polar surface area (TPSA) is 143 Å². The van der Waals surface area contributed by atoms with Gasteiger partial charge in [-0.3, -0.25) is 38.8 Å². The van der Waals surface area contributed by atoms with Crippen molar-refractivity contribution in [1.29, 1.82) is 0 Å². The zero-order chi connectivity index (χ0) is 44.8. The number of carbonyl (C=O) groups excluding carboxylic acids is 3. The van der Waals surface area contributed by atoms with Crippen molar-refractivity contribution < 1.29 is 68.2 Å². The summed E-state index contributed by atoms with van der Waals surface area (Å²) >= 11 is 0. The van der Waals surface area contributed by atoms with E-state index < -0.39 is 0 Å². The fourth-order valence-electron chi connectivity index (χ4n) is 8.20. The minimum absolute atomic E-state index is 0. The van der Waals surface area contributed by atoms with Gasteiger partial charge in [0, 0.05) is 108 Å². The molecule has 0 saturated carbocycles. The van der Waals surface area contributed by atoms with Crippen LogP contribution in [0, 0.1) is 49.4 Å². The number of benzene rings is 4. The van der Waals surface area contributed by atoms with E-state index in [1.807, 2.05) is 130 Å². The summed E-state index contributed by atoms with van der Waals surface area (Å²) in [7, 11) is 0. The maximum Gasteiger partial charge on any atom is 0.234 e. The Morgan fingerprint density at radius 2 is 0.877 bits per heavy atom. The van der Waals surface area contributed by atoms with E-state index in [1.54, 1.807) is 18.2 Å². The number of aromatic nitrogens is 1. The van der Waals surface area contributed by atoms with Crippen LogP contribution in [0.1, 0.15) is 61.3 Å². The van der Waals surface area contributed by atoms with E-state index in [4.69, 9.17) is 9.40 Å². The predicted octanol–water partition coefficient (Wildman–Crippen LogP) is 5.70. The fraction of sp³-hybridized carbons (Fsp3) is 0.353. The molecule has 6 aromatic rings. The summed E-state index contributed by atoms with van der Waals surface area (Å²) in [6.45, 7) is 11.3. The van der Waals surface area contributed by atoms with Gasteiger partial charge < -0.3 is 20.4 Å². The van der Waals surface area contributed by atoms with Crippen LogP contribution in [-0.4, -0.2) is 114 Å². The number of nitrogens with one attached hydrogen (secondary N) is 3. The van der Waals surface area contributed by atoms with E-state index in [1.165, 1.54) is 0 Å². The van der Waals surface area contributed by atoms with Crippen LogP contribution in [0.5, 0.6) is 0 Å². The van der Waals surface area contributed by atoms with Crippen molar-refractivity contribution in [2.75, 3.05) is 72.0 Å². The smallest absolute Gasteiger partial charge is 0.234 e. The molecule has 0 aliphatic carbocycles. The van der Waals surface area contributed by atoms with Gasteiger partial charge in [-0.25, -0.2) is 4.98 Å². The SMILES string of the molecule is C[C@H](NC(=O)CN1CCN(CC(=O)N[C@H](C)c2ccccc2)CCN(CC(=O)N[C@H](C)c2ccccc2)CCN(Cc2ccc3c(=O)c4ccccc4oc3n2)CC1)c1ccccc1.[Eu]. The molecule has 65 heavy (non-hydrogen) atoms. The molecule has 0 unspecified atom stereocenters. The first kappa shape index (κ1) is 49.8. The van der Waals surface area contributed by atoms with Gasteiger partial charge in [0.05, 0.1) is 54.2 Å². The van der Waals surface area contributed by atoms with Gasteiger partial charge in [0.25, 0.3) is 0 Å². The van der Waals surface area contributed by atoms with Crippen molar-refractivity contribution >= 4 is 39.8 Å². The quantitative estimate of drug-likeness (QED) is 0.117. The van der Waals surface area contributed by atoms with Crippen molar-refractivity contribution in [3.8, 4) is 0 Å². The molecule has 1 radical (unpaired) electrons. The molecule has 3 heterocycles. The second-order valence-corrected chi connectivity index (χ2v) is 16.8. The summed E-state index contributed by atoms with van der Waals surface area (Å²) in [6.07, 6.45) is 0. The molecule has 4 aromatic carbocycles. The standard InChI is InChI=1S/C51H60N8O5.Eu/c1-37(40-15-7-4-8-16-40)52-47(60)34-57-27-25-56(33-43-23-24-45-50(63)44-21-13-14-22-46(44)64-51(45)55-43)26-28-58(35-48(61)53-38(2)41-17-9-5-10-18-41)30-32-59(31-29-57)36-49(62)54-39(3)42-19-11-6-12-20-42;/h4-24,37-39H,25-36H2,1-3H3,(H,52,60)(H,53,61)(H,54,62);/t37-,38+,39-;/m1./s1. The molecule has 1 aliphatic rings. The number of pyridine rings is 1. The summed E-state index contributed by atoms with van der Waals surface area (Å²) in [5.41, 5.74) is 4.46. The molecule has 2 aromatic heterocycles. The second kappa shape index (κ2) is 24.7. The maximum atomic E-state index is 13.7. The average molecular weight is 1020 g/mol. The zero-order valence-corrected chi connectivity index (χ0v) is 39.9. The van der Waals surface area contributed by atoms with Crippen LogP contribution in [0.2, 0.25) is 0 Å². The number of fused-ring (bicyclic) bond motifs is 2. The molecular formula is C51H60EuN8O5. The molecule has 13 nitrogen and oxygen atoms in total. The van der Waals surface area contributed by atoms with Crippen LogP contribution < -0.4 is 21.4 Å². The van der Waals surface area contributed by atoms with Gasteiger partial charge in [0.15, 0.2) is 0 Å². The molecule has 3 N–H and O–H groups in total. The predicted molar refractivity (Wildman–Crippen MR) is 251 cm³/mol. The Hall–Kier alpha value is -4.67. The van der Waals surface area contributed by atoms with Crippen LogP contribution >= 0.6 is 0 Å². The van der Waals surface area contributed by atoms with Gasteiger partial charge in [-0.15, -0.1) is 0 Å². The number of para-hydroxylation sites is 1. The first-order valence-corrected chi connectivity index (χ1v) is 22.3. The molecule has 14 heteroatoms. The van der Waals surface area contributed by atoms with Gasteiger partial charge in [-0.05, 0) is 61.7 Å².